The van der Waals surface area contributed by atoms with Gasteiger partial charge in [0.25, 0.3) is 0 Å². The SMILES string of the molecule is COc1cc(C=O)ccc1OCCCSc1nnc(-c2ccc(C)cc2)n1C. The van der Waals surface area contributed by atoms with Crippen molar-refractivity contribution in [1.29, 1.82) is 0 Å². The van der Waals surface area contributed by atoms with Crippen molar-refractivity contribution in [3.05, 3.63) is 53.6 Å². The maximum absolute atomic E-state index is 10.8. The fourth-order valence-corrected chi connectivity index (χ4v) is 3.50. The molecular weight excluding hydrogens is 374 g/mol. The van der Waals surface area contributed by atoms with Crippen molar-refractivity contribution >= 4 is 18.0 Å². The third-order valence-electron chi connectivity index (χ3n) is 4.25. The smallest absolute Gasteiger partial charge is 0.191 e. The van der Waals surface area contributed by atoms with Gasteiger partial charge in [0.15, 0.2) is 22.5 Å². The number of aromatic nitrogens is 3. The van der Waals surface area contributed by atoms with Crippen LogP contribution in [0, 0.1) is 6.92 Å². The average molecular weight is 398 g/mol. The Labute approximate surface area is 168 Å². The summed E-state index contributed by atoms with van der Waals surface area (Å²) in [5, 5.41) is 9.49. The zero-order valence-electron chi connectivity index (χ0n) is 16.2. The number of thioether (sulfide) groups is 1. The van der Waals surface area contributed by atoms with Gasteiger partial charge in [-0.25, -0.2) is 0 Å². The number of methoxy groups -OCH3 is 1. The molecule has 0 saturated heterocycles. The Balaban J connectivity index is 1.51. The predicted molar refractivity (Wildman–Crippen MR) is 110 cm³/mol. The van der Waals surface area contributed by atoms with Crippen LogP contribution in [0.2, 0.25) is 0 Å². The Morgan fingerprint density at radius 2 is 1.89 bits per heavy atom. The number of hydrogen-bond donors (Lipinski definition) is 0. The van der Waals surface area contributed by atoms with Gasteiger partial charge >= 0.3 is 0 Å². The third-order valence-corrected chi connectivity index (χ3v) is 5.35. The van der Waals surface area contributed by atoms with Crippen LogP contribution in [0.15, 0.2) is 47.6 Å². The Kier molecular flexibility index (Phi) is 6.71. The van der Waals surface area contributed by atoms with Crippen LogP contribution in [0.3, 0.4) is 0 Å². The molecule has 0 saturated carbocycles. The Bertz CT molecular complexity index is 939. The molecule has 2 aromatic carbocycles. The van der Waals surface area contributed by atoms with E-state index in [1.165, 1.54) is 5.56 Å². The number of benzene rings is 2. The summed E-state index contributed by atoms with van der Waals surface area (Å²) in [5.41, 5.74) is 2.84. The quantitative estimate of drug-likeness (QED) is 0.307. The second kappa shape index (κ2) is 9.41. The summed E-state index contributed by atoms with van der Waals surface area (Å²) in [6.45, 7) is 2.61. The molecule has 0 radical (unpaired) electrons. The molecule has 0 aliphatic heterocycles. The van der Waals surface area contributed by atoms with Crippen LogP contribution in [0.1, 0.15) is 22.3 Å². The largest absolute Gasteiger partial charge is 0.493 e. The van der Waals surface area contributed by atoms with Crippen LogP contribution in [0.4, 0.5) is 0 Å². The lowest BCUT2D eigenvalue weighted by Crippen LogP contribution is -2.02. The Morgan fingerprint density at radius 1 is 1.11 bits per heavy atom. The van der Waals surface area contributed by atoms with Crippen LogP contribution in [0.5, 0.6) is 11.5 Å². The molecule has 0 atom stereocenters. The molecule has 0 N–H and O–H groups in total. The summed E-state index contributed by atoms with van der Waals surface area (Å²) in [5.74, 6) is 2.92. The molecule has 3 rings (SSSR count). The summed E-state index contributed by atoms with van der Waals surface area (Å²) in [7, 11) is 3.54. The molecule has 1 heterocycles. The van der Waals surface area contributed by atoms with Crippen molar-refractivity contribution in [3.63, 3.8) is 0 Å². The van der Waals surface area contributed by atoms with E-state index in [0.717, 1.165) is 35.0 Å². The molecule has 28 heavy (non-hydrogen) atoms. The predicted octanol–water partition coefficient (Wildman–Crippen LogP) is 4.17. The van der Waals surface area contributed by atoms with Gasteiger partial charge < -0.3 is 14.0 Å². The first kappa shape index (κ1) is 19.9. The number of aryl methyl sites for hydroxylation is 1. The van der Waals surface area contributed by atoms with Crippen LogP contribution < -0.4 is 9.47 Å². The molecule has 0 fully saturated rings. The van der Waals surface area contributed by atoms with Crippen LogP contribution in [0.25, 0.3) is 11.4 Å². The third kappa shape index (κ3) is 4.72. The van der Waals surface area contributed by atoms with Gasteiger partial charge in [-0.05, 0) is 31.5 Å². The van der Waals surface area contributed by atoms with Crippen molar-refractivity contribution in [2.24, 2.45) is 7.05 Å². The molecule has 7 heteroatoms. The second-order valence-corrected chi connectivity index (χ2v) is 7.37. The molecule has 146 valence electrons. The standard InChI is InChI=1S/C21H23N3O3S/c1-15-5-8-17(9-6-15)20-22-23-21(24(20)2)28-12-4-11-27-18-10-7-16(14-25)13-19(18)26-3/h5-10,13-14H,4,11-12H2,1-3H3. The van der Waals surface area contributed by atoms with Crippen molar-refractivity contribution in [3.8, 4) is 22.9 Å². The Hall–Kier alpha value is -2.80. The van der Waals surface area contributed by atoms with Gasteiger partial charge in [0.1, 0.15) is 6.29 Å². The molecule has 0 amide bonds. The van der Waals surface area contributed by atoms with Gasteiger partial charge in [0, 0.05) is 23.9 Å². The molecule has 0 spiro atoms. The van der Waals surface area contributed by atoms with E-state index in [1.54, 1.807) is 37.1 Å². The number of hydrogen-bond acceptors (Lipinski definition) is 6. The highest BCUT2D eigenvalue weighted by molar-refractivity contribution is 7.99. The molecule has 1 aromatic heterocycles. The van der Waals surface area contributed by atoms with Crippen LogP contribution >= 0.6 is 11.8 Å². The maximum atomic E-state index is 10.8. The number of rotatable bonds is 9. The van der Waals surface area contributed by atoms with Gasteiger partial charge in [-0.2, -0.15) is 0 Å². The first-order valence-corrected chi connectivity index (χ1v) is 9.96. The van der Waals surface area contributed by atoms with Crippen LogP contribution in [-0.2, 0) is 7.05 Å². The second-order valence-electron chi connectivity index (χ2n) is 6.31. The van der Waals surface area contributed by atoms with E-state index in [9.17, 15) is 4.79 Å². The molecule has 6 nitrogen and oxygen atoms in total. The molecular formula is C21H23N3O3S. The highest BCUT2D eigenvalue weighted by Crippen LogP contribution is 2.28. The first-order chi connectivity index (χ1) is 13.6. The molecule has 3 aromatic rings. The molecule has 0 bridgehead atoms. The number of nitrogens with zero attached hydrogens (tertiary/aromatic N) is 3. The molecule has 0 aliphatic carbocycles. The van der Waals surface area contributed by atoms with Crippen molar-refractivity contribution in [1.82, 2.24) is 14.8 Å². The summed E-state index contributed by atoms with van der Waals surface area (Å²) in [6.07, 6.45) is 1.63. The van der Waals surface area contributed by atoms with E-state index in [2.05, 4.69) is 41.4 Å². The van der Waals surface area contributed by atoms with Gasteiger partial charge in [-0.3, -0.25) is 4.79 Å². The average Bonchev–Trinajstić information content (AvgIpc) is 3.08. The van der Waals surface area contributed by atoms with Gasteiger partial charge in [-0.1, -0.05) is 41.6 Å². The van der Waals surface area contributed by atoms with Gasteiger partial charge in [-0.15, -0.1) is 10.2 Å². The van der Waals surface area contributed by atoms with E-state index in [1.807, 2.05) is 11.6 Å². The highest BCUT2D eigenvalue weighted by atomic mass is 32.2. The minimum absolute atomic E-state index is 0.548. The molecule has 0 aliphatic rings. The van der Waals surface area contributed by atoms with E-state index >= 15 is 0 Å². The molecule has 0 unspecified atom stereocenters. The minimum atomic E-state index is 0.548. The van der Waals surface area contributed by atoms with Crippen molar-refractivity contribution in [2.75, 3.05) is 19.5 Å². The van der Waals surface area contributed by atoms with Crippen molar-refractivity contribution < 1.29 is 14.3 Å². The first-order valence-electron chi connectivity index (χ1n) is 8.97. The fourth-order valence-electron chi connectivity index (χ4n) is 2.68. The van der Waals surface area contributed by atoms with Gasteiger partial charge in [0.2, 0.25) is 0 Å². The zero-order chi connectivity index (χ0) is 19.9. The summed E-state index contributed by atoms with van der Waals surface area (Å²) in [4.78, 5) is 10.8. The van der Waals surface area contributed by atoms with Gasteiger partial charge in [0.05, 0.1) is 13.7 Å². The summed E-state index contributed by atoms with van der Waals surface area (Å²) >= 11 is 1.65. The summed E-state index contributed by atoms with van der Waals surface area (Å²) in [6, 6.07) is 13.4. The highest BCUT2D eigenvalue weighted by Gasteiger charge is 2.11. The fraction of sp³-hybridized carbons (Fsp3) is 0.286. The zero-order valence-corrected chi connectivity index (χ0v) is 17.0. The monoisotopic (exact) mass is 397 g/mol. The summed E-state index contributed by atoms with van der Waals surface area (Å²) < 4.78 is 13.1. The van der Waals surface area contributed by atoms with E-state index in [0.29, 0.717) is 23.7 Å². The Morgan fingerprint density at radius 3 is 2.61 bits per heavy atom. The van der Waals surface area contributed by atoms with Crippen molar-refractivity contribution in [2.45, 2.75) is 18.5 Å². The number of ether oxygens (including phenoxy) is 2. The lowest BCUT2D eigenvalue weighted by atomic mass is 10.1. The normalized spacial score (nSPS) is 10.7. The number of carbonyl (C=O) groups excluding carboxylic acids is 1. The van der Waals surface area contributed by atoms with E-state index in [4.69, 9.17) is 9.47 Å². The number of aldehydes is 1. The van der Waals surface area contributed by atoms with Crippen LogP contribution in [-0.4, -0.2) is 40.5 Å². The van der Waals surface area contributed by atoms with E-state index in [-0.39, 0.29) is 0 Å². The lowest BCUT2D eigenvalue weighted by Gasteiger charge is -2.10. The maximum Gasteiger partial charge on any atom is 0.191 e. The van der Waals surface area contributed by atoms with E-state index < -0.39 is 0 Å². The topological polar surface area (TPSA) is 66.2 Å². The lowest BCUT2D eigenvalue weighted by molar-refractivity contribution is 0.112. The number of carbonyl (C=O) groups is 1. The minimum Gasteiger partial charge on any atom is -0.493 e.